The molecule has 3 rings (SSSR count). The molecule has 0 saturated heterocycles. The van der Waals surface area contributed by atoms with E-state index in [-0.39, 0.29) is 24.4 Å². The van der Waals surface area contributed by atoms with E-state index in [4.69, 9.17) is 0 Å². The first-order valence-corrected chi connectivity index (χ1v) is 10.0. The molecule has 0 unspecified atom stereocenters. The predicted molar refractivity (Wildman–Crippen MR) is 106 cm³/mol. The van der Waals surface area contributed by atoms with Gasteiger partial charge in [-0.3, -0.25) is 4.79 Å². The zero-order valence-corrected chi connectivity index (χ0v) is 16.2. The summed E-state index contributed by atoms with van der Waals surface area (Å²) in [5, 5.41) is 9.17. The van der Waals surface area contributed by atoms with Gasteiger partial charge in [-0.15, -0.1) is 0 Å². The highest BCUT2D eigenvalue weighted by atomic mass is 32.1. The molecule has 0 atom stereocenters. The van der Waals surface area contributed by atoms with Gasteiger partial charge in [0.25, 0.3) is 0 Å². The largest absolute Gasteiger partial charge is 0.338 e. The van der Waals surface area contributed by atoms with Gasteiger partial charge in [0, 0.05) is 19.0 Å². The molecule has 7 heteroatoms. The molecule has 1 fully saturated rings. The van der Waals surface area contributed by atoms with Crippen LogP contribution in [0.3, 0.4) is 0 Å². The van der Waals surface area contributed by atoms with Crippen molar-refractivity contribution in [3.8, 4) is 0 Å². The summed E-state index contributed by atoms with van der Waals surface area (Å²) in [7, 11) is 0. The zero-order valence-electron chi connectivity index (χ0n) is 15.4. The van der Waals surface area contributed by atoms with Crippen LogP contribution in [0.4, 0.5) is 9.93 Å². The Labute approximate surface area is 157 Å². The molecular formula is C19H26N4O2S. The summed E-state index contributed by atoms with van der Waals surface area (Å²) in [5.74, 6) is -0.142. The van der Waals surface area contributed by atoms with Crippen LogP contribution in [0, 0.1) is 13.8 Å². The lowest BCUT2D eigenvalue weighted by molar-refractivity contribution is -0.116. The Morgan fingerprint density at radius 1 is 1.19 bits per heavy atom. The molecule has 26 heavy (non-hydrogen) atoms. The number of amides is 3. The van der Waals surface area contributed by atoms with Crippen molar-refractivity contribution in [3.63, 3.8) is 0 Å². The summed E-state index contributed by atoms with van der Waals surface area (Å²) in [6.45, 7) is 4.39. The van der Waals surface area contributed by atoms with E-state index < -0.39 is 0 Å². The number of hydrogen-bond acceptors (Lipinski definition) is 4. The highest BCUT2D eigenvalue weighted by Crippen LogP contribution is 2.29. The van der Waals surface area contributed by atoms with Crippen LogP contribution in [0.2, 0.25) is 0 Å². The third-order valence-corrected chi connectivity index (χ3v) is 5.57. The molecule has 1 saturated carbocycles. The lowest BCUT2D eigenvalue weighted by Gasteiger charge is -2.22. The van der Waals surface area contributed by atoms with Crippen molar-refractivity contribution in [2.45, 2.75) is 58.4 Å². The minimum absolute atomic E-state index is 0.142. The van der Waals surface area contributed by atoms with Gasteiger partial charge in [0.2, 0.25) is 5.91 Å². The average molecular weight is 375 g/mol. The summed E-state index contributed by atoms with van der Waals surface area (Å²) in [4.78, 5) is 28.5. The van der Waals surface area contributed by atoms with Crippen LogP contribution >= 0.6 is 11.3 Å². The van der Waals surface area contributed by atoms with E-state index in [9.17, 15) is 9.59 Å². The van der Waals surface area contributed by atoms with Gasteiger partial charge in [-0.05, 0) is 43.9 Å². The molecule has 0 bridgehead atoms. The number of anilines is 1. The van der Waals surface area contributed by atoms with E-state index in [1.807, 2.05) is 6.92 Å². The summed E-state index contributed by atoms with van der Waals surface area (Å²) < 4.78 is 1.07. The predicted octanol–water partition coefficient (Wildman–Crippen LogP) is 3.87. The fraction of sp³-hybridized carbons (Fsp3) is 0.526. The van der Waals surface area contributed by atoms with Gasteiger partial charge >= 0.3 is 6.03 Å². The van der Waals surface area contributed by atoms with Gasteiger partial charge in [-0.25, -0.2) is 9.78 Å². The Bertz CT molecular complexity index is 796. The highest BCUT2D eigenvalue weighted by molar-refractivity contribution is 7.22. The summed E-state index contributed by atoms with van der Waals surface area (Å²) in [5.41, 5.74) is 3.23. The van der Waals surface area contributed by atoms with Crippen LogP contribution in [-0.2, 0) is 4.79 Å². The number of urea groups is 1. The molecule has 1 aliphatic carbocycles. The molecule has 1 aliphatic rings. The van der Waals surface area contributed by atoms with E-state index in [1.165, 1.54) is 36.2 Å². The fourth-order valence-electron chi connectivity index (χ4n) is 3.38. The smallest absolute Gasteiger partial charge is 0.315 e. The SMILES string of the molecule is Cc1cc(C)c2nc(NC(=O)CCNC(=O)NC3CCCCC3)sc2c1. The van der Waals surface area contributed by atoms with Crippen molar-refractivity contribution in [3.05, 3.63) is 23.3 Å². The molecule has 1 aromatic carbocycles. The second-order valence-electron chi connectivity index (χ2n) is 6.98. The van der Waals surface area contributed by atoms with Gasteiger partial charge in [-0.1, -0.05) is 36.7 Å². The molecule has 1 aromatic heterocycles. The topological polar surface area (TPSA) is 83.1 Å². The average Bonchev–Trinajstić information content (AvgIpc) is 2.98. The Hall–Kier alpha value is -2.15. The standard InChI is InChI=1S/C19H26N4O2S/c1-12-10-13(2)17-15(11-12)26-19(23-17)22-16(24)8-9-20-18(25)21-14-6-4-3-5-7-14/h10-11,14H,3-9H2,1-2H3,(H2,20,21,25)(H,22,23,24). The van der Waals surface area contributed by atoms with Crippen molar-refractivity contribution in [1.29, 1.82) is 0 Å². The highest BCUT2D eigenvalue weighted by Gasteiger charge is 2.15. The third kappa shape index (κ3) is 4.94. The number of carbonyl (C=O) groups excluding carboxylic acids is 2. The molecule has 6 nitrogen and oxygen atoms in total. The second kappa shape index (κ2) is 8.49. The van der Waals surface area contributed by atoms with Crippen LogP contribution < -0.4 is 16.0 Å². The van der Waals surface area contributed by atoms with E-state index >= 15 is 0 Å². The van der Waals surface area contributed by atoms with Crippen molar-refractivity contribution >= 4 is 38.6 Å². The maximum atomic E-state index is 12.1. The third-order valence-electron chi connectivity index (χ3n) is 4.65. The Morgan fingerprint density at radius 3 is 2.73 bits per heavy atom. The number of nitrogens with zero attached hydrogens (tertiary/aromatic N) is 1. The Balaban J connectivity index is 1.44. The number of benzene rings is 1. The first-order valence-electron chi connectivity index (χ1n) is 9.23. The van der Waals surface area contributed by atoms with Crippen LogP contribution in [0.1, 0.15) is 49.7 Å². The first kappa shape index (κ1) is 18.6. The van der Waals surface area contributed by atoms with E-state index in [0.29, 0.717) is 11.7 Å². The second-order valence-corrected chi connectivity index (χ2v) is 8.01. The van der Waals surface area contributed by atoms with E-state index in [1.54, 1.807) is 0 Å². The molecule has 140 valence electrons. The number of nitrogens with one attached hydrogen (secondary N) is 3. The molecule has 3 N–H and O–H groups in total. The van der Waals surface area contributed by atoms with Crippen molar-refractivity contribution < 1.29 is 9.59 Å². The molecule has 0 spiro atoms. The lowest BCUT2D eigenvalue weighted by atomic mass is 9.96. The van der Waals surface area contributed by atoms with E-state index in [2.05, 4.69) is 40.0 Å². The fourth-order valence-corrected chi connectivity index (χ4v) is 4.44. The van der Waals surface area contributed by atoms with Crippen molar-refractivity contribution in [1.82, 2.24) is 15.6 Å². The molecule has 2 aromatic rings. The quantitative estimate of drug-likeness (QED) is 0.743. The maximum absolute atomic E-state index is 12.1. The van der Waals surface area contributed by atoms with E-state index in [0.717, 1.165) is 28.6 Å². The Morgan fingerprint density at radius 2 is 1.96 bits per heavy atom. The minimum atomic E-state index is -0.184. The number of aryl methyl sites for hydroxylation is 2. The van der Waals surface area contributed by atoms with Crippen LogP contribution in [0.15, 0.2) is 12.1 Å². The molecule has 1 heterocycles. The number of rotatable bonds is 5. The minimum Gasteiger partial charge on any atom is -0.338 e. The zero-order chi connectivity index (χ0) is 18.5. The number of thiazole rings is 1. The number of fused-ring (bicyclic) bond motifs is 1. The monoisotopic (exact) mass is 374 g/mol. The molecule has 3 amide bonds. The van der Waals surface area contributed by atoms with Gasteiger partial charge in [-0.2, -0.15) is 0 Å². The molecular weight excluding hydrogens is 348 g/mol. The van der Waals surface area contributed by atoms with Gasteiger partial charge < -0.3 is 16.0 Å². The number of hydrogen-bond donors (Lipinski definition) is 3. The normalized spacial score (nSPS) is 15.0. The maximum Gasteiger partial charge on any atom is 0.315 e. The Kier molecular flexibility index (Phi) is 6.08. The van der Waals surface area contributed by atoms with Gasteiger partial charge in [0.1, 0.15) is 0 Å². The molecule has 0 radical (unpaired) electrons. The molecule has 0 aliphatic heterocycles. The van der Waals surface area contributed by atoms with Gasteiger partial charge in [0.15, 0.2) is 5.13 Å². The summed E-state index contributed by atoms with van der Waals surface area (Å²) >= 11 is 1.47. The van der Waals surface area contributed by atoms with Crippen molar-refractivity contribution in [2.24, 2.45) is 0 Å². The van der Waals surface area contributed by atoms with Crippen LogP contribution in [0.25, 0.3) is 10.2 Å². The van der Waals surface area contributed by atoms with Crippen molar-refractivity contribution in [2.75, 3.05) is 11.9 Å². The van der Waals surface area contributed by atoms with Crippen LogP contribution in [0.5, 0.6) is 0 Å². The summed E-state index contributed by atoms with van der Waals surface area (Å²) in [6.07, 6.45) is 5.93. The van der Waals surface area contributed by atoms with Gasteiger partial charge in [0.05, 0.1) is 10.2 Å². The van der Waals surface area contributed by atoms with Crippen LogP contribution in [-0.4, -0.2) is 29.5 Å². The number of carbonyl (C=O) groups is 2. The number of aromatic nitrogens is 1. The summed E-state index contributed by atoms with van der Waals surface area (Å²) in [6, 6.07) is 4.25. The lowest BCUT2D eigenvalue weighted by Crippen LogP contribution is -2.43. The first-order chi connectivity index (χ1) is 12.5.